The Hall–Kier alpha value is -1.97. The van der Waals surface area contributed by atoms with E-state index in [1.54, 1.807) is 12.4 Å². The van der Waals surface area contributed by atoms with Crippen molar-refractivity contribution in [1.82, 2.24) is 9.97 Å². The largest absolute Gasteiger partial charge is 0.388 e. The average molecular weight is 285 g/mol. The Bertz CT molecular complexity index is 740. The fourth-order valence-electron chi connectivity index (χ4n) is 2.28. The highest BCUT2D eigenvalue weighted by molar-refractivity contribution is 6.30. The predicted molar refractivity (Wildman–Crippen MR) is 79.7 cm³/mol. The maximum Gasteiger partial charge on any atom is 0.0944 e. The first-order chi connectivity index (χ1) is 9.74. The Morgan fingerprint density at radius 1 is 1.05 bits per heavy atom. The first kappa shape index (κ1) is 13.0. The minimum Gasteiger partial charge on any atom is -0.388 e. The molecule has 0 aliphatic heterocycles. The molecular formula is C16H13ClN2O. The van der Waals surface area contributed by atoms with E-state index in [1.807, 2.05) is 42.5 Å². The molecule has 0 aliphatic rings. The molecule has 1 aromatic heterocycles. The van der Waals surface area contributed by atoms with Crippen LogP contribution in [0.25, 0.3) is 11.0 Å². The molecule has 4 heteroatoms. The molecule has 0 radical (unpaired) electrons. The third-order valence-corrected chi connectivity index (χ3v) is 3.44. The smallest absolute Gasteiger partial charge is 0.0944 e. The lowest BCUT2D eigenvalue weighted by molar-refractivity contribution is 0.180. The van der Waals surface area contributed by atoms with Gasteiger partial charge in [-0.25, -0.2) is 0 Å². The molecule has 0 fully saturated rings. The van der Waals surface area contributed by atoms with Gasteiger partial charge in [0.1, 0.15) is 0 Å². The van der Waals surface area contributed by atoms with Gasteiger partial charge in [-0.15, -0.1) is 0 Å². The summed E-state index contributed by atoms with van der Waals surface area (Å²) in [5.41, 5.74) is 3.31. The zero-order valence-corrected chi connectivity index (χ0v) is 11.5. The van der Waals surface area contributed by atoms with Gasteiger partial charge in [-0.1, -0.05) is 35.9 Å². The van der Waals surface area contributed by atoms with E-state index in [2.05, 4.69) is 9.97 Å². The fourth-order valence-corrected chi connectivity index (χ4v) is 2.49. The summed E-state index contributed by atoms with van der Waals surface area (Å²) in [6.45, 7) is 0. The van der Waals surface area contributed by atoms with Gasteiger partial charge in [0.2, 0.25) is 0 Å². The van der Waals surface area contributed by atoms with E-state index < -0.39 is 6.10 Å². The minimum atomic E-state index is -0.631. The van der Waals surface area contributed by atoms with Crippen molar-refractivity contribution < 1.29 is 5.11 Å². The number of hydrogen-bond donors (Lipinski definition) is 1. The quantitative estimate of drug-likeness (QED) is 0.800. The van der Waals surface area contributed by atoms with Crippen LogP contribution in [0.15, 0.2) is 54.9 Å². The van der Waals surface area contributed by atoms with Crippen LogP contribution in [0.5, 0.6) is 0 Å². The zero-order chi connectivity index (χ0) is 13.9. The Labute approximate surface area is 121 Å². The highest BCUT2D eigenvalue weighted by atomic mass is 35.5. The van der Waals surface area contributed by atoms with Gasteiger partial charge in [0.25, 0.3) is 0 Å². The van der Waals surface area contributed by atoms with E-state index in [1.165, 1.54) is 0 Å². The summed E-state index contributed by atoms with van der Waals surface area (Å²) >= 11 is 5.97. The van der Waals surface area contributed by atoms with Crippen LogP contribution < -0.4 is 0 Å². The normalized spacial score (nSPS) is 12.5. The number of nitrogens with zero attached hydrogens (tertiary/aromatic N) is 2. The maximum absolute atomic E-state index is 10.5. The van der Waals surface area contributed by atoms with Crippen molar-refractivity contribution in [3.63, 3.8) is 0 Å². The van der Waals surface area contributed by atoms with Crippen LogP contribution in [0.1, 0.15) is 17.2 Å². The van der Waals surface area contributed by atoms with Crippen molar-refractivity contribution in [2.24, 2.45) is 0 Å². The molecule has 1 atom stereocenters. The summed E-state index contributed by atoms with van der Waals surface area (Å²) in [5, 5.41) is 11.1. The Morgan fingerprint density at radius 2 is 1.85 bits per heavy atom. The highest BCUT2D eigenvalue weighted by Crippen LogP contribution is 2.25. The molecule has 1 unspecified atom stereocenters. The Morgan fingerprint density at radius 3 is 2.70 bits per heavy atom. The van der Waals surface area contributed by atoms with Crippen molar-refractivity contribution in [3.05, 3.63) is 71.0 Å². The third-order valence-electron chi connectivity index (χ3n) is 3.21. The molecule has 20 heavy (non-hydrogen) atoms. The number of rotatable bonds is 3. The van der Waals surface area contributed by atoms with Crippen molar-refractivity contribution >= 4 is 22.6 Å². The lowest BCUT2D eigenvalue weighted by atomic mass is 10.00. The van der Waals surface area contributed by atoms with Gasteiger partial charge in [-0.05, 0) is 23.8 Å². The van der Waals surface area contributed by atoms with Gasteiger partial charge in [0.05, 0.1) is 17.1 Å². The van der Waals surface area contributed by atoms with Gasteiger partial charge in [-0.2, -0.15) is 0 Å². The number of fused-ring (bicyclic) bond motifs is 1. The number of aliphatic hydroxyl groups is 1. The van der Waals surface area contributed by atoms with E-state index in [0.29, 0.717) is 11.4 Å². The van der Waals surface area contributed by atoms with Crippen LogP contribution in [-0.4, -0.2) is 15.1 Å². The van der Waals surface area contributed by atoms with E-state index in [0.717, 1.165) is 22.2 Å². The number of para-hydroxylation sites is 1. The Balaban J connectivity index is 1.94. The summed E-state index contributed by atoms with van der Waals surface area (Å²) in [6.07, 6.45) is 3.15. The van der Waals surface area contributed by atoms with Crippen LogP contribution in [0.2, 0.25) is 5.02 Å². The van der Waals surface area contributed by atoms with E-state index >= 15 is 0 Å². The van der Waals surface area contributed by atoms with Gasteiger partial charge in [-0.3, -0.25) is 9.97 Å². The van der Waals surface area contributed by atoms with Crippen LogP contribution in [0.3, 0.4) is 0 Å². The maximum atomic E-state index is 10.5. The summed E-state index contributed by atoms with van der Waals surface area (Å²) in [4.78, 5) is 8.56. The number of aromatic nitrogens is 2. The molecule has 2 aromatic carbocycles. The van der Waals surface area contributed by atoms with Crippen LogP contribution in [0.4, 0.5) is 0 Å². The SMILES string of the molecule is OC(Cc1cccc(Cl)c1)c1cccc2nccnc12. The van der Waals surface area contributed by atoms with Gasteiger partial charge in [0.15, 0.2) is 0 Å². The second-order valence-electron chi connectivity index (χ2n) is 4.62. The summed E-state index contributed by atoms with van der Waals surface area (Å²) < 4.78 is 0. The molecule has 0 spiro atoms. The topological polar surface area (TPSA) is 46.0 Å². The second-order valence-corrected chi connectivity index (χ2v) is 5.06. The summed E-state index contributed by atoms with van der Waals surface area (Å²) in [7, 11) is 0. The van der Waals surface area contributed by atoms with Gasteiger partial charge >= 0.3 is 0 Å². The monoisotopic (exact) mass is 284 g/mol. The van der Waals surface area contributed by atoms with Crippen molar-refractivity contribution in [2.45, 2.75) is 12.5 Å². The van der Waals surface area contributed by atoms with Crippen LogP contribution in [-0.2, 0) is 6.42 Å². The molecule has 1 heterocycles. The fraction of sp³-hybridized carbons (Fsp3) is 0.125. The summed E-state index contributed by atoms with van der Waals surface area (Å²) in [6, 6.07) is 13.2. The number of halogens is 1. The standard InChI is InChI=1S/C16H13ClN2O/c17-12-4-1-3-11(9-12)10-15(20)13-5-2-6-14-16(13)19-8-7-18-14/h1-9,15,20H,10H2. The van der Waals surface area contributed by atoms with E-state index in [-0.39, 0.29) is 0 Å². The van der Waals surface area contributed by atoms with Crippen LogP contribution >= 0.6 is 11.6 Å². The molecule has 3 aromatic rings. The number of aliphatic hydroxyl groups excluding tert-OH is 1. The molecular weight excluding hydrogens is 272 g/mol. The molecule has 3 rings (SSSR count). The third kappa shape index (κ3) is 2.64. The van der Waals surface area contributed by atoms with Gasteiger partial charge in [0, 0.05) is 29.4 Å². The van der Waals surface area contributed by atoms with Crippen LogP contribution in [0, 0.1) is 0 Å². The number of benzene rings is 2. The molecule has 1 N–H and O–H groups in total. The molecule has 100 valence electrons. The van der Waals surface area contributed by atoms with Crippen molar-refractivity contribution in [3.8, 4) is 0 Å². The first-order valence-electron chi connectivity index (χ1n) is 6.36. The van der Waals surface area contributed by atoms with E-state index in [9.17, 15) is 5.11 Å². The zero-order valence-electron chi connectivity index (χ0n) is 10.7. The summed E-state index contributed by atoms with van der Waals surface area (Å²) in [5.74, 6) is 0. The van der Waals surface area contributed by atoms with E-state index in [4.69, 9.17) is 11.6 Å². The molecule has 0 amide bonds. The molecule has 0 saturated heterocycles. The average Bonchev–Trinajstić information content (AvgIpc) is 2.46. The first-order valence-corrected chi connectivity index (χ1v) is 6.74. The van der Waals surface area contributed by atoms with Crippen molar-refractivity contribution in [2.75, 3.05) is 0 Å². The second kappa shape index (κ2) is 5.57. The lowest BCUT2D eigenvalue weighted by Crippen LogP contribution is -2.03. The lowest BCUT2D eigenvalue weighted by Gasteiger charge is -2.13. The molecule has 0 bridgehead atoms. The Kier molecular flexibility index (Phi) is 3.63. The molecule has 0 saturated carbocycles. The van der Waals surface area contributed by atoms with Gasteiger partial charge < -0.3 is 5.11 Å². The number of hydrogen-bond acceptors (Lipinski definition) is 3. The minimum absolute atomic E-state index is 0.496. The predicted octanol–water partition coefficient (Wildman–Crippen LogP) is 3.56. The molecule has 3 nitrogen and oxygen atoms in total. The molecule has 0 aliphatic carbocycles. The highest BCUT2D eigenvalue weighted by Gasteiger charge is 2.13. The van der Waals surface area contributed by atoms with Crippen molar-refractivity contribution in [1.29, 1.82) is 0 Å².